The molecular weight excluding hydrogens is 356 g/mol. The smallest absolute Gasteiger partial charge is 0.255 e. The Bertz CT molecular complexity index is 615. The first-order valence-electron chi connectivity index (χ1n) is 10.2. The zero-order valence-electron chi connectivity index (χ0n) is 17.2. The molecule has 5 heteroatoms. The molecule has 1 aromatic carbocycles. The van der Waals surface area contributed by atoms with Gasteiger partial charge in [-0.05, 0) is 37.8 Å². The number of rotatable bonds is 9. The molecule has 0 saturated carbocycles. The van der Waals surface area contributed by atoms with Crippen LogP contribution in [0.2, 0.25) is 0 Å². The van der Waals surface area contributed by atoms with Crippen molar-refractivity contribution in [3.8, 4) is 0 Å². The van der Waals surface area contributed by atoms with Crippen LogP contribution in [-0.2, 0) is 4.79 Å². The zero-order valence-corrected chi connectivity index (χ0v) is 18.0. The zero-order chi connectivity index (χ0) is 19.8. The van der Waals surface area contributed by atoms with E-state index in [0.717, 1.165) is 24.8 Å². The normalized spacial score (nSPS) is 19.5. The van der Waals surface area contributed by atoms with Crippen molar-refractivity contribution in [1.82, 2.24) is 10.2 Å². The Balaban J connectivity index is 2.08. The predicted octanol–water partition coefficient (Wildman–Crippen LogP) is 4.62. The van der Waals surface area contributed by atoms with Crippen molar-refractivity contribution in [2.24, 2.45) is 5.92 Å². The summed E-state index contributed by atoms with van der Waals surface area (Å²) in [6.45, 7) is 9.21. The number of carbonyl (C=O) groups is 2. The molecule has 1 N–H and O–H groups in total. The SMILES string of the molecule is CCCCCCNC(=O)[C@@H]1CS[C@@H](CC(C)C)N1C(=O)c1ccc(C)cc1. The van der Waals surface area contributed by atoms with E-state index in [2.05, 4.69) is 26.1 Å². The van der Waals surface area contributed by atoms with E-state index in [-0.39, 0.29) is 23.2 Å². The van der Waals surface area contributed by atoms with Crippen LogP contribution in [0.15, 0.2) is 24.3 Å². The van der Waals surface area contributed by atoms with Gasteiger partial charge in [-0.1, -0.05) is 57.7 Å². The molecule has 1 aliphatic heterocycles. The fraction of sp³-hybridized carbons (Fsp3) is 0.636. The summed E-state index contributed by atoms with van der Waals surface area (Å²) >= 11 is 1.73. The maximum atomic E-state index is 13.2. The number of unbranched alkanes of at least 4 members (excludes halogenated alkanes) is 3. The molecule has 1 aliphatic rings. The summed E-state index contributed by atoms with van der Waals surface area (Å²) in [7, 11) is 0. The van der Waals surface area contributed by atoms with Gasteiger partial charge < -0.3 is 10.2 Å². The third-order valence-electron chi connectivity index (χ3n) is 4.93. The van der Waals surface area contributed by atoms with Crippen molar-refractivity contribution in [2.75, 3.05) is 12.3 Å². The van der Waals surface area contributed by atoms with Crippen LogP contribution in [0, 0.1) is 12.8 Å². The van der Waals surface area contributed by atoms with Crippen LogP contribution in [0.4, 0.5) is 0 Å². The second-order valence-electron chi connectivity index (χ2n) is 7.86. The van der Waals surface area contributed by atoms with Gasteiger partial charge in [0, 0.05) is 17.9 Å². The van der Waals surface area contributed by atoms with Gasteiger partial charge in [0.2, 0.25) is 5.91 Å². The molecule has 1 heterocycles. The maximum Gasteiger partial charge on any atom is 0.255 e. The summed E-state index contributed by atoms with van der Waals surface area (Å²) in [6.07, 6.45) is 5.42. The summed E-state index contributed by atoms with van der Waals surface area (Å²) in [5, 5.41) is 3.12. The van der Waals surface area contributed by atoms with E-state index in [1.165, 1.54) is 12.8 Å². The number of amides is 2. The van der Waals surface area contributed by atoms with Gasteiger partial charge in [0.25, 0.3) is 5.91 Å². The first kappa shape index (κ1) is 21.8. The lowest BCUT2D eigenvalue weighted by Gasteiger charge is -2.30. The quantitative estimate of drug-likeness (QED) is 0.626. The van der Waals surface area contributed by atoms with Crippen LogP contribution in [0.5, 0.6) is 0 Å². The Hall–Kier alpha value is -1.49. The van der Waals surface area contributed by atoms with E-state index in [9.17, 15) is 9.59 Å². The first-order valence-corrected chi connectivity index (χ1v) is 11.3. The minimum absolute atomic E-state index is 0.00860. The summed E-state index contributed by atoms with van der Waals surface area (Å²) in [5.41, 5.74) is 1.79. The Morgan fingerprint density at radius 1 is 1.19 bits per heavy atom. The highest BCUT2D eigenvalue weighted by atomic mass is 32.2. The van der Waals surface area contributed by atoms with Crippen molar-refractivity contribution in [1.29, 1.82) is 0 Å². The molecule has 0 unspecified atom stereocenters. The predicted molar refractivity (Wildman–Crippen MR) is 114 cm³/mol. The van der Waals surface area contributed by atoms with Crippen molar-refractivity contribution in [2.45, 2.75) is 71.2 Å². The highest BCUT2D eigenvalue weighted by Crippen LogP contribution is 2.34. The molecule has 2 amide bonds. The van der Waals surface area contributed by atoms with Crippen LogP contribution in [0.25, 0.3) is 0 Å². The number of nitrogens with one attached hydrogen (secondary N) is 1. The third-order valence-corrected chi connectivity index (χ3v) is 6.24. The highest BCUT2D eigenvalue weighted by molar-refractivity contribution is 8.00. The average molecular weight is 391 g/mol. The molecule has 27 heavy (non-hydrogen) atoms. The number of carbonyl (C=O) groups excluding carboxylic acids is 2. The molecule has 2 atom stereocenters. The average Bonchev–Trinajstić information content (AvgIpc) is 3.04. The van der Waals surface area contributed by atoms with Crippen LogP contribution in [0.3, 0.4) is 0 Å². The number of nitrogens with zero attached hydrogens (tertiary/aromatic N) is 1. The number of benzene rings is 1. The monoisotopic (exact) mass is 390 g/mol. The number of aryl methyl sites for hydroxylation is 1. The fourth-order valence-corrected chi connectivity index (χ4v) is 4.99. The fourth-order valence-electron chi connectivity index (χ4n) is 3.35. The van der Waals surface area contributed by atoms with E-state index in [4.69, 9.17) is 0 Å². The molecule has 0 aromatic heterocycles. The molecule has 2 rings (SSSR count). The molecule has 0 radical (unpaired) electrons. The molecule has 4 nitrogen and oxygen atoms in total. The van der Waals surface area contributed by atoms with Crippen LogP contribution >= 0.6 is 11.8 Å². The Morgan fingerprint density at radius 3 is 2.52 bits per heavy atom. The highest BCUT2D eigenvalue weighted by Gasteiger charge is 2.41. The summed E-state index contributed by atoms with van der Waals surface area (Å²) < 4.78 is 0. The minimum Gasteiger partial charge on any atom is -0.354 e. The van der Waals surface area contributed by atoms with Gasteiger partial charge in [0.15, 0.2) is 0 Å². The number of hydrogen-bond acceptors (Lipinski definition) is 3. The molecule has 0 spiro atoms. The molecule has 1 aromatic rings. The van der Waals surface area contributed by atoms with Gasteiger partial charge in [-0.3, -0.25) is 9.59 Å². The van der Waals surface area contributed by atoms with Crippen molar-refractivity contribution in [3.05, 3.63) is 35.4 Å². The standard InChI is InChI=1S/C22H34N2O2S/c1-5-6-7-8-13-23-21(25)19-15-27-20(14-16(2)3)24(19)22(26)18-11-9-17(4)10-12-18/h9-12,16,19-20H,5-8,13-15H2,1-4H3,(H,23,25)/t19-,20-/m0/s1. The van der Waals surface area contributed by atoms with E-state index in [0.29, 0.717) is 23.8 Å². The molecule has 0 bridgehead atoms. The summed E-state index contributed by atoms with van der Waals surface area (Å²) in [6, 6.07) is 7.27. The van der Waals surface area contributed by atoms with E-state index < -0.39 is 0 Å². The first-order chi connectivity index (χ1) is 12.9. The van der Waals surface area contributed by atoms with Crippen LogP contribution in [0.1, 0.15) is 68.8 Å². The molecular formula is C22H34N2O2S. The van der Waals surface area contributed by atoms with Crippen molar-refractivity contribution >= 4 is 23.6 Å². The van der Waals surface area contributed by atoms with Crippen molar-refractivity contribution in [3.63, 3.8) is 0 Å². The van der Waals surface area contributed by atoms with E-state index >= 15 is 0 Å². The lowest BCUT2D eigenvalue weighted by Crippen LogP contribution is -2.50. The number of thioether (sulfide) groups is 1. The number of hydrogen-bond donors (Lipinski definition) is 1. The van der Waals surface area contributed by atoms with Crippen LogP contribution in [-0.4, -0.2) is 40.4 Å². The van der Waals surface area contributed by atoms with Gasteiger partial charge in [-0.2, -0.15) is 0 Å². The van der Waals surface area contributed by atoms with E-state index in [1.807, 2.05) is 36.1 Å². The molecule has 1 fully saturated rings. The van der Waals surface area contributed by atoms with Gasteiger partial charge in [0.05, 0.1) is 5.37 Å². The minimum atomic E-state index is -0.376. The Kier molecular flexibility index (Phi) is 8.68. The topological polar surface area (TPSA) is 49.4 Å². The van der Waals surface area contributed by atoms with Gasteiger partial charge in [-0.25, -0.2) is 0 Å². The lowest BCUT2D eigenvalue weighted by atomic mass is 10.1. The summed E-state index contributed by atoms with van der Waals surface area (Å²) in [5.74, 6) is 1.12. The second kappa shape index (κ2) is 10.7. The third kappa shape index (κ3) is 6.27. The summed E-state index contributed by atoms with van der Waals surface area (Å²) in [4.78, 5) is 27.8. The second-order valence-corrected chi connectivity index (χ2v) is 9.07. The van der Waals surface area contributed by atoms with Gasteiger partial charge in [0.1, 0.15) is 6.04 Å². The lowest BCUT2D eigenvalue weighted by molar-refractivity contribution is -0.124. The van der Waals surface area contributed by atoms with Crippen LogP contribution < -0.4 is 5.32 Å². The van der Waals surface area contributed by atoms with Gasteiger partial charge in [-0.15, -0.1) is 11.8 Å². The Morgan fingerprint density at radius 2 is 1.89 bits per heavy atom. The molecule has 0 aliphatic carbocycles. The molecule has 150 valence electrons. The Labute approximate surface area is 168 Å². The van der Waals surface area contributed by atoms with Crippen molar-refractivity contribution < 1.29 is 9.59 Å². The maximum absolute atomic E-state index is 13.2. The van der Waals surface area contributed by atoms with Gasteiger partial charge >= 0.3 is 0 Å². The molecule has 1 saturated heterocycles. The van der Waals surface area contributed by atoms with E-state index in [1.54, 1.807) is 11.8 Å². The largest absolute Gasteiger partial charge is 0.354 e.